The third-order valence-corrected chi connectivity index (χ3v) is 5.35. The zero-order valence-electron chi connectivity index (χ0n) is 16.2. The van der Waals surface area contributed by atoms with Crippen molar-refractivity contribution in [3.05, 3.63) is 71.5 Å². The van der Waals surface area contributed by atoms with Gasteiger partial charge in [-0.25, -0.2) is 4.39 Å². The quantitative estimate of drug-likeness (QED) is 0.778. The minimum atomic E-state index is -0.255. The molecule has 0 aromatic heterocycles. The second-order valence-electron chi connectivity index (χ2n) is 7.21. The summed E-state index contributed by atoms with van der Waals surface area (Å²) in [6.07, 6.45) is 0.674. The first-order chi connectivity index (χ1) is 13.5. The van der Waals surface area contributed by atoms with Crippen LogP contribution in [0.2, 0.25) is 0 Å². The summed E-state index contributed by atoms with van der Waals surface area (Å²) in [4.78, 5) is 28.0. The van der Waals surface area contributed by atoms with E-state index in [1.54, 1.807) is 12.1 Å². The maximum Gasteiger partial charge on any atom is 0.278 e. The smallest absolute Gasteiger partial charge is 0.278 e. The minimum absolute atomic E-state index is 0.0138. The van der Waals surface area contributed by atoms with Crippen LogP contribution >= 0.6 is 0 Å². The largest absolute Gasteiger partial charge is 0.351 e. The third-order valence-electron chi connectivity index (χ3n) is 5.35. The van der Waals surface area contributed by atoms with Crippen molar-refractivity contribution in [3.8, 4) is 0 Å². The molecule has 0 bridgehead atoms. The fraction of sp³-hybridized carbons (Fsp3) is 0.364. The van der Waals surface area contributed by atoms with Crippen molar-refractivity contribution < 1.29 is 18.9 Å². The Morgan fingerprint density at radius 1 is 1.07 bits per heavy atom. The van der Waals surface area contributed by atoms with Gasteiger partial charge in [0.2, 0.25) is 0 Å². The summed E-state index contributed by atoms with van der Waals surface area (Å²) < 4.78 is 12.9. The molecule has 2 aromatic rings. The van der Waals surface area contributed by atoms with Crippen molar-refractivity contribution in [1.82, 2.24) is 10.2 Å². The van der Waals surface area contributed by atoms with E-state index in [2.05, 4.69) is 5.32 Å². The number of quaternary nitrogens is 1. The molecule has 5 nitrogen and oxygen atoms in total. The standard InChI is InChI=1S/C22H26FN3O2/c1-17(21(27)24-12-11-18-7-9-20(23)10-8-18)25-13-15-26(16-14-25)22(28)19-5-3-2-4-6-19/h2-10,17H,11-16H2,1H3,(H,24,27)/p+1/t17-/m0/s1. The lowest BCUT2D eigenvalue weighted by atomic mass is 10.1. The number of rotatable bonds is 6. The van der Waals surface area contributed by atoms with Crippen LogP contribution in [0.25, 0.3) is 0 Å². The lowest BCUT2D eigenvalue weighted by Crippen LogP contribution is -3.19. The molecule has 3 rings (SSSR count). The molecule has 1 fully saturated rings. The van der Waals surface area contributed by atoms with E-state index in [0.717, 1.165) is 18.7 Å². The predicted octanol–water partition coefficient (Wildman–Crippen LogP) is 0.914. The summed E-state index contributed by atoms with van der Waals surface area (Å²) in [5, 5.41) is 2.97. The summed E-state index contributed by atoms with van der Waals surface area (Å²) in [6, 6.07) is 15.5. The van der Waals surface area contributed by atoms with Crippen molar-refractivity contribution in [2.45, 2.75) is 19.4 Å². The Morgan fingerprint density at radius 2 is 1.71 bits per heavy atom. The molecule has 6 heteroatoms. The first-order valence-corrected chi connectivity index (χ1v) is 9.75. The molecule has 28 heavy (non-hydrogen) atoms. The molecular formula is C22H27FN3O2+. The third kappa shape index (κ3) is 5.16. The molecule has 1 aliphatic rings. The van der Waals surface area contributed by atoms with Gasteiger partial charge in [0.05, 0.1) is 26.2 Å². The van der Waals surface area contributed by atoms with E-state index in [-0.39, 0.29) is 23.7 Å². The minimum Gasteiger partial charge on any atom is -0.351 e. The first kappa shape index (κ1) is 20.0. The van der Waals surface area contributed by atoms with E-state index < -0.39 is 0 Å². The van der Waals surface area contributed by atoms with Gasteiger partial charge >= 0.3 is 0 Å². The van der Waals surface area contributed by atoms with Gasteiger partial charge in [-0.3, -0.25) is 9.59 Å². The molecule has 1 saturated heterocycles. The lowest BCUT2D eigenvalue weighted by Gasteiger charge is -2.34. The molecule has 0 radical (unpaired) electrons. The molecule has 148 valence electrons. The molecule has 2 N–H and O–H groups in total. The van der Waals surface area contributed by atoms with Crippen LogP contribution in [-0.2, 0) is 11.2 Å². The number of hydrogen-bond acceptors (Lipinski definition) is 2. The number of piperazine rings is 1. The Morgan fingerprint density at radius 3 is 2.36 bits per heavy atom. The van der Waals surface area contributed by atoms with E-state index in [1.807, 2.05) is 42.2 Å². The van der Waals surface area contributed by atoms with Crippen LogP contribution in [0, 0.1) is 5.82 Å². The van der Waals surface area contributed by atoms with E-state index in [9.17, 15) is 14.0 Å². The maximum absolute atomic E-state index is 12.9. The fourth-order valence-corrected chi connectivity index (χ4v) is 3.51. The molecule has 0 spiro atoms. The number of nitrogens with zero attached hydrogens (tertiary/aromatic N) is 1. The summed E-state index contributed by atoms with van der Waals surface area (Å²) in [5.41, 5.74) is 1.70. The number of hydrogen-bond donors (Lipinski definition) is 2. The number of carbonyl (C=O) groups is 2. The number of halogens is 1. The van der Waals surface area contributed by atoms with Crippen molar-refractivity contribution in [1.29, 1.82) is 0 Å². The normalized spacial score (nSPS) is 15.9. The first-order valence-electron chi connectivity index (χ1n) is 9.75. The Balaban J connectivity index is 1.42. The van der Waals surface area contributed by atoms with Crippen LogP contribution in [0.4, 0.5) is 4.39 Å². The van der Waals surface area contributed by atoms with E-state index >= 15 is 0 Å². The monoisotopic (exact) mass is 384 g/mol. The Bertz CT molecular complexity index is 787. The van der Waals surface area contributed by atoms with Crippen LogP contribution in [-0.4, -0.2) is 55.5 Å². The summed E-state index contributed by atoms with van der Waals surface area (Å²) in [6.45, 7) is 5.26. The Labute approximate surface area is 165 Å². The van der Waals surface area contributed by atoms with E-state index in [4.69, 9.17) is 0 Å². The maximum atomic E-state index is 12.9. The Hall–Kier alpha value is -2.73. The highest BCUT2D eigenvalue weighted by atomic mass is 19.1. The molecule has 1 atom stereocenters. The van der Waals surface area contributed by atoms with Gasteiger partial charge in [-0.05, 0) is 43.2 Å². The number of benzene rings is 2. The molecule has 2 amide bonds. The van der Waals surface area contributed by atoms with Gasteiger partial charge < -0.3 is 15.1 Å². The van der Waals surface area contributed by atoms with Gasteiger partial charge in [0.25, 0.3) is 11.8 Å². The Kier molecular flexibility index (Phi) is 6.76. The highest BCUT2D eigenvalue weighted by Gasteiger charge is 2.30. The number of carbonyl (C=O) groups excluding carboxylic acids is 2. The zero-order valence-corrected chi connectivity index (χ0v) is 16.2. The zero-order chi connectivity index (χ0) is 19.9. The van der Waals surface area contributed by atoms with E-state index in [1.165, 1.54) is 17.0 Å². The van der Waals surface area contributed by atoms with Gasteiger partial charge in [0, 0.05) is 12.1 Å². The molecular weight excluding hydrogens is 357 g/mol. The van der Waals surface area contributed by atoms with Crippen LogP contribution < -0.4 is 10.2 Å². The highest BCUT2D eigenvalue weighted by Crippen LogP contribution is 2.05. The molecule has 0 saturated carbocycles. The number of nitrogens with one attached hydrogen (secondary N) is 2. The average molecular weight is 384 g/mol. The van der Waals surface area contributed by atoms with Crippen LogP contribution in [0.1, 0.15) is 22.8 Å². The summed E-state index contributed by atoms with van der Waals surface area (Å²) in [5.74, 6) is -0.189. The van der Waals surface area contributed by atoms with Gasteiger partial charge in [-0.2, -0.15) is 0 Å². The highest BCUT2D eigenvalue weighted by molar-refractivity contribution is 5.94. The van der Waals surface area contributed by atoms with Gasteiger partial charge in [-0.15, -0.1) is 0 Å². The van der Waals surface area contributed by atoms with Crippen LogP contribution in [0.3, 0.4) is 0 Å². The SMILES string of the molecule is C[C@@H](C(=O)NCCc1ccc(F)cc1)[NH+]1CCN(C(=O)c2ccccc2)CC1. The molecule has 1 heterocycles. The molecule has 2 aromatic carbocycles. The van der Waals surface area contributed by atoms with Crippen molar-refractivity contribution >= 4 is 11.8 Å². The van der Waals surface area contributed by atoms with E-state index in [0.29, 0.717) is 31.6 Å². The summed E-state index contributed by atoms with van der Waals surface area (Å²) in [7, 11) is 0. The second-order valence-corrected chi connectivity index (χ2v) is 7.21. The predicted molar refractivity (Wildman–Crippen MR) is 106 cm³/mol. The average Bonchev–Trinajstić information content (AvgIpc) is 2.74. The van der Waals surface area contributed by atoms with Gasteiger partial charge in [-0.1, -0.05) is 30.3 Å². The summed E-state index contributed by atoms with van der Waals surface area (Å²) >= 11 is 0. The van der Waals surface area contributed by atoms with Crippen molar-refractivity contribution in [3.63, 3.8) is 0 Å². The van der Waals surface area contributed by atoms with Gasteiger partial charge in [0.1, 0.15) is 5.82 Å². The molecule has 0 unspecified atom stereocenters. The fourth-order valence-electron chi connectivity index (χ4n) is 3.51. The molecule has 1 aliphatic heterocycles. The number of amides is 2. The van der Waals surface area contributed by atoms with Crippen LogP contribution in [0.5, 0.6) is 0 Å². The van der Waals surface area contributed by atoms with Crippen LogP contribution in [0.15, 0.2) is 54.6 Å². The topological polar surface area (TPSA) is 53.9 Å². The van der Waals surface area contributed by atoms with Crippen molar-refractivity contribution in [2.75, 3.05) is 32.7 Å². The van der Waals surface area contributed by atoms with Crippen molar-refractivity contribution in [2.24, 2.45) is 0 Å². The lowest BCUT2D eigenvalue weighted by molar-refractivity contribution is -0.917. The van der Waals surface area contributed by atoms with Gasteiger partial charge in [0.15, 0.2) is 6.04 Å². The second kappa shape index (κ2) is 9.46. The molecule has 0 aliphatic carbocycles.